The van der Waals surface area contributed by atoms with Crippen molar-refractivity contribution in [3.8, 4) is 11.3 Å². The molecular weight excluding hydrogens is 480 g/mol. The summed E-state index contributed by atoms with van der Waals surface area (Å²) in [4.78, 5) is 35.2. The summed E-state index contributed by atoms with van der Waals surface area (Å²) in [7, 11) is 0. The van der Waals surface area contributed by atoms with Crippen LogP contribution in [0.15, 0.2) is 48.7 Å². The molecular formula is C26H27ClN6O3. The van der Waals surface area contributed by atoms with Crippen LogP contribution in [-0.2, 0) is 4.74 Å². The van der Waals surface area contributed by atoms with E-state index in [-0.39, 0.29) is 18.0 Å². The molecule has 0 bridgehead atoms. The normalized spacial score (nSPS) is 16.0. The van der Waals surface area contributed by atoms with Gasteiger partial charge in [-0.05, 0) is 43.7 Å². The fourth-order valence-electron chi connectivity index (χ4n) is 4.55. The van der Waals surface area contributed by atoms with Crippen molar-refractivity contribution in [1.29, 1.82) is 0 Å². The van der Waals surface area contributed by atoms with Gasteiger partial charge < -0.3 is 20.4 Å². The second-order valence-electron chi connectivity index (χ2n) is 8.99. The van der Waals surface area contributed by atoms with Crippen LogP contribution in [0.3, 0.4) is 0 Å². The second-order valence-corrected chi connectivity index (χ2v) is 9.40. The Morgan fingerprint density at radius 1 is 1.17 bits per heavy atom. The molecule has 5 rings (SSSR count). The van der Waals surface area contributed by atoms with Crippen molar-refractivity contribution < 1.29 is 14.3 Å². The molecule has 2 N–H and O–H groups in total. The number of hydrogen-bond donors (Lipinski definition) is 1. The van der Waals surface area contributed by atoms with Crippen molar-refractivity contribution in [2.45, 2.75) is 26.3 Å². The third-order valence-electron chi connectivity index (χ3n) is 6.48. The lowest BCUT2D eigenvalue weighted by Crippen LogP contribution is -2.55. The van der Waals surface area contributed by atoms with Crippen LogP contribution in [0.1, 0.15) is 30.6 Å². The van der Waals surface area contributed by atoms with Gasteiger partial charge >= 0.3 is 6.09 Å². The van der Waals surface area contributed by atoms with Gasteiger partial charge in [0.1, 0.15) is 0 Å². The molecule has 186 valence electrons. The number of nitrogens with zero attached hydrogens (tertiary/aromatic N) is 5. The molecule has 2 aromatic heterocycles. The van der Waals surface area contributed by atoms with E-state index in [1.807, 2.05) is 44.2 Å². The molecule has 36 heavy (non-hydrogen) atoms. The average molecular weight is 507 g/mol. The van der Waals surface area contributed by atoms with Gasteiger partial charge in [0.15, 0.2) is 0 Å². The van der Waals surface area contributed by atoms with Crippen LogP contribution >= 0.6 is 11.6 Å². The van der Waals surface area contributed by atoms with E-state index in [0.29, 0.717) is 48.0 Å². The molecule has 0 saturated carbocycles. The molecule has 1 saturated heterocycles. The average Bonchev–Trinajstić information content (AvgIpc) is 3.26. The maximum atomic E-state index is 13.3. The molecule has 1 aliphatic rings. The highest BCUT2D eigenvalue weighted by molar-refractivity contribution is 6.35. The molecule has 0 spiro atoms. The lowest BCUT2D eigenvalue weighted by Gasteiger charge is -2.39. The van der Waals surface area contributed by atoms with E-state index < -0.39 is 0 Å². The highest BCUT2D eigenvalue weighted by Gasteiger charge is 2.31. The van der Waals surface area contributed by atoms with Crippen LogP contribution in [0.5, 0.6) is 0 Å². The highest BCUT2D eigenvalue weighted by Crippen LogP contribution is 2.30. The Balaban J connectivity index is 1.39. The van der Waals surface area contributed by atoms with Gasteiger partial charge in [-0.15, -0.1) is 0 Å². The summed E-state index contributed by atoms with van der Waals surface area (Å²) < 4.78 is 5.27. The van der Waals surface area contributed by atoms with E-state index in [0.717, 1.165) is 28.3 Å². The number of carbonyl (C=O) groups excluding carboxylic acids is 2. The Hall–Kier alpha value is -3.85. The van der Waals surface area contributed by atoms with E-state index >= 15 is 0 Å². The number of benzene rings is 2. The fourth-order valence-corrected chi connectivity index (χ4v) is 4.81. The number of amides is 2. The number of ether oxygens (including phenoxy) is 1. The van der Waals surface area contributed by atoms with Crippen molar-refractivity contribution in [1.82, 2.24) is 24.7 Å². The van der Waals surface area contributed by atoms with E-state index in [4.69, 9.17) is 27.2 Å². The molecule has 1 fully saturated rings. The summed E-state index contributed by atoms with van der Waals surface area (Å²) in [6, 6.07) is 12.8. The van der Waals surface area contributed by atoms with Crippen molar-refractivity contribution >= 4 is 45.4 Å². The first-order chi connectivity index (χ1) is 17.4. The third-order valence-corrected chi connectivity index (χ3v) is 6.79. The summed E-state index contributed by atoms with van der Waals surface area (Å²) >= 11 is 6.59. The van der Waals surface area contributed by atoms with E-state index in [9.17, 15) is 9.59 Å². The monoisotopic (exact) mass is 506 g/mol. The van der Waals surface area contributed by atoms with Gasteiger partial charge in [0.2, 0.25) is 0 Å². The minimum absolute atomic E-state index is 0.106. The molecule has 1 atom stereocenters. The predicted molar refractivity (Wildman–Crippen MR) is 139 cm³/mol. The standard InChI is InChI=1S/C26H27ClN6O3/c1-3-10-36-26(35)32-9-8-31(15-16(32)2)25(34)18-4-6-20-21(27)13-22(30-23(20)12-18)17-5-7-24-19(11-17)14-29-33(24)28/h4-7,11-14,16H,3,8-10,15,28H2,1-2H3/t16-/m1/s1. The molecule has 2 aromatic carbocycles. The Morgan fingerprint density at radius 3 is 2.78 bits per heavy atom. The van der Waals surface area contributed by atoms with Gasteiger partial charge in [-0.3, -0.25) is 4.79 Å². The van der Waals surface area contributed by atoms with Crippen LogP contribution in [0.25, 0.3) is 33.1 Å². The number of aromatic nitrogens is 3. The van der Waals surface area contributed by atoms with Crippen LogP contribution < -0.4 is 5.84 Å². The number of pyridine rings is 1. The third kappa shape index (κ3) is 4.42. The molecule has 3 heterocycles. The van der Waals surface area contributed by atoms with Crippen LogP contribution in [0.4, 0.5) is 4.79 Å². The Kier molecular flexibility index (Phi) is 6.40. The predicted octanol–water partition coefficient (Wildman–Crippen LogP) is 4.31. The molecule has 0 unspecified atom stereocenters. The topological polar surface area (TPSA) is 107 Å². The second kappa shape index (κ2) is 9.66. The highest BCUT2D eigenvalue weighted by atomic mass is 35.5. The zero-order valence-electron chi connectivity index (χ0n) is 20.1. The summed E-state index contributed by atoms with van der Waals surface area (Å²) in [5.41, 5.74) is 3.53. The number of carbonyl (C=O) groups is 2. The number of nitrogens with two attached hydrogens (primary N) is 1. The van der Waals surface area contributed by atoms with Gasteiger partial charge in [0.05, 0.1) is 34.6 Å². The van der Waals surface area contributed by atoms with Gasteiger partial charge in [-0.2, -0.15) is 9.89 Å². The maximum absolute atomic E-state index is 13.3. The van der Waals surface area contributed by atoms with Gasteiger partial charge in [-0.1, -0.05) is 30.7 Å². The van der Waals surface area contributed by atoms with Gasteiger partial charge in [0, 0.05) is 47.6 Å². The Morgan fingerprint density at radius 2 is 2.00 bits per heavy atom. The SMILES string of the molecule is CCCOC(=O)N1CCN(C(=O)c2ccc3c(Cl)cc(-c4ccc5c(cnn5N)c4)nc3c2)C[C@H]1C. The zero-order valence-corrected chi connectivity index (χ0v) is 20.9. The zero-order chi connectivity index (χ0) is 25.4. The number of halogens is 1. The van der Waals surface area contributed by atoms with E-state index in [1.54, 1.807) is 28.1 Å². The van der Waals surface area contributed by atoms with Crippen molar-refractivity contribution in [3.05, 3.63) is 59.2 Å². The minimum atomic E-state index is -0.328. The smallest absolute Gasteiger partial charge is 0.410 e. The maximum Gasteiger partial charge on any atom is 0.410 e. The lowest BCUT2D eigenvalue weighted by molar-refractivity contribution is 0.0412. The largest absolute Gasteiger partial charge is 0.449 e. The number of rotatable bonds is 4. The quantitative estimate of drug-likeness (QED) is 0.413. The van der Waals surface area contributed by atoms with Crippen molar-refractivity contribution in [3.63, 3.8) is 0 Å². The van der Waals surface area contributed by atoms with E-state index in [1.165, 1.54) is 4.79 Å². The first-order valence-corrected chi connectivity index (χ1v) is 12.3. The number of piperazine rings is 1. The lowest BCUT2D eigenvalue weighted by atomic mass is 10.1. The van der Waals surface area contributed by atoms with Crippen molar-refractivity contribution in [2.24, 2.45) is 0 Å². The van der Waals surface area contributed by atoms with Crippen molar-refractivity contribution in [2.75, 3.05) is 32.1 Å². The first-order valence-electron chi connectivity index (χ1n) is 11.9. The Bertz CT molecular complexity index is 1470. The number of nitrogen functional groups attached to an aromatic ring is 1. The molecule has 0 aliphatic carbocycles. The van der Waals surface area contributed by atoms with Crippen LogP contribution in [-0.4, -0.2) is 69.0 Å². The first kappa shape index (κ1) is 23.9. The number of hydrogen-bond acceptors (Lipinski definition) is 6. The number of fused-ring (bicyclic) bond motifs is 2. The van der Waals surface area contributed by atoms with Crippen LogP contribution in [0.2, 0.25) is 5.02 Å². The fraction of sp³-hybridized carbons (Fsp3) is 0.308. The van der Waals surface area contributed by atoms with Gasteiger partial charge in [0.25, 0.3) is 5.91 Å². The summed E-state index contributed by atoms with van der Waals surface area (Å²) in [6.45, 7) is 5.57. The summed E-state index contributed by atoms with van der Waals surface area (Å²) in [5.74, 6) is 5.72. The van der Waals surface area contributed by atoms with E-state index in [2.05, 4.69) is 5.10 Å². The molecule has 10 heteroatoms. The molecule has 1 aliphatic heterocycles. The minimum Gasteiger partial charge on any atom is -0.449 e. The van der Waals surface area contributed by atoms with Crippen LogP contribution in [0, 0.1) is 0 Å². The summed E-state index contributed by atoms with van der Waals surface area (Å²) in [6.07, 6.45) is 2.14. The molecule has 0 radical (unpaired) electrons. The Labute approximate surface area is 213 Å². The summed E-state index contributed by atoms with van der Waals surface area (Å²) in [5, 5.41) is 6.30. The van der Waals surface area contributed by atoms with Gasteiger partial charge in [-0.25, -0.2) is 9.78 Å². The molecule has 4 aromatic rings. The molecule has 2 amide bonds. The molecule has 9 nitrogen and oxygen atoms in total.